The number of hydrogen-bond donors (Lipinski definition) is 0. The summed E-state index contributed by atoms with van der Waals surface area (Å²) in [6.07, 6.45) is 0. The average molecular weight is 590 g/mol. The molecular weight excluding hydrogens is 562 g/mol. The zero-order valence-corrected chi connectivity index (χ0v) is 24.8. The molecule has 0 amide bonds. The van der Waals surface area contributed by atoms with Gasteiger partial charge in [0.25, 0.3) is 0 Å². The maximum Gasteiger partial charge on any atom is 0.164 e. The highest BCUT2D eigenvalue weighted by molar-refractivity contribution is 6.09. The third-order valence-corrected chi connectivity index (χ3v) is 8.55. The number of hydrogen-bond acceptors (Lipinski definition) is 3. The Kier molecular flexibility index (Phi) is 6.06. The number of benzene rings is 6. The van der Waals surface area contributed by atoms with E-state index in [0.717, 1.165) is 39.1 Å². The second-order valence-corrected chi connectivity index (χ2v) is 11.3. The van der Waals surface area contributed by atoms with Gasteiger partial charge in [0.15, 0.2) is 17.5 Å². The van der Waals surface area contributed by atoms with Crippen molar-refractivity contribution in [3.63, 3.8) is 0 Å². The Morgan fingerprint density at radius 2 is 0.848 bits per heavy atom. The van der Waals surface area contributed by atoms with Crippen molar-refractivity contribution in [2.75, 3.05) is 0 Å². The lowest BCUT2D eigenvalue weighted by Gasteiger charge is -2.12. The molecule has 216 valence electrons. The molecule has 6 aromatic carbocycles. The van der Waals surface area contributed by atoms with Crippen molar-refractivity contribution in [2.24, 2.45) is 0 Å². The van der Waals surface area contributed by atoms with Crippen LogP contribution in [0, 0.1) is 0 Å². The minimum atomic E-state index is 0.630. The number of para-hydroxylation sites is 3. The summed E-state index contributed by atoms with van der Waals surface area (Å²) < 4.78 is 4.77. The van der Waals surface area contributed by atoms with Crippen LogP contribution in [-0.4, -0.2) is 23.9 Å². The van der Waals surface area contributed by atoms with Gasteiger partial charge in [-0.25, -0.2) is 15.0 Å². The van der Waals surface area contributed by atoms with Gasteiger partial charge in [0.2, 0.25) is 0 Å². The van der Waals surface area contributed by atoms with Crippen molar-refractivity contribution in [2.45, 2.75) is 0 Å². The van der Waals surface area contributed by atoms with E-state index in [-0.39, 0.29) is 0 Å². The van der Waals surface area contributed by atoms with Crippen LogP contribution in [0.3, 0.4) is 0 Å². The van der Waals surface area contributed by atoms with Crippen LogP contribution in [0.4, 0.5) is 0 Å². The largest absolute Gasteiger partial charge is 0.293 e. The molecule has 0 fully saturated rings. The van der Waals surface area contributed by atoms with E-state index in [1.165, 1.54) is 22.0 Å². The Balaban J connectivity index is 1.32. The predicted octanol–water partition coefficient (Wildman–Crippen LogP) is 9.89. The van der Waals surface area contributed by atoms with Crippen LogP contribution in [0.15, 0.2) is 164 Å². The third kappa shape index (κ3) is 4.21. The van der Waals surface area contributed by atoms with E-state index in [4.69, 9.17) is 15.0 Å². The maximum absolute atomic E-state index is 5.01. The molecule has 0 unspecified atom stereocenters. The second kappa shape index (κ2) is 10.7. The Bertz CT molecular complexity index is 2460. The molecule has 0 saturated heterocycles. The van der Waals surface area contributed by atoms with E-state index >= 15 is 0 Å². The van der Waals surface area contributed by atoms with Gasteiger partial charge >= 0.3 is 0 Å². The Labute approximate surface area is 265 Å². The fourth-order valence-corrected chi connectivity index (χ4v) is 6.51. The van der Waals surface area contributed by atoms with Crippen LogP contribution in [0.25, 0.3) is 78.6 Å². The minimum Gasteiger partial charge on any atom is -0.293 e. The number of nitrogens with zero attached hydrogens (tertiary/aromatic N) is 5. The Hall–Kier alpha value is -6.33. The highest BCUT2D eigenvalue weighted by atomic mass is 15.1. The molecule has 0 bridgehead atoms. The summed E-state index contributed by atoms with van der Waals surface area (Å²) in [5.74, 6) is 1.92. The van der Waals surface area contributed by atoms with Crippen LogP contribution < -0.4 is 0 Å². The van der Waals surface area contributed by atoms with E-state index in [2.05, 4.69) is 112 Å². The van der Waals surface area contributed by atoms with Crippen molar-refractivity contribution in [1.29, 1.82) is 0 Å². The number of fused-ring (bicyclic) bond motifs is 5. The molecule has 0 aliphatic rings. The summed E-state index contributed by atoms with van der Waals surface area (Å²) in [5.41, 5.74) is 10.8. The summed E-state index contributed by atoms with van der Waals surface area (Å²) in [4.78, 5) is 14.9. The van der Waals surface area contributed by atoms with Gasteiger partial charge in [-0.05, 0) is 35.9 Å². The van der Waals surface area contributed by atoms with Crippen molar-refractivity contribution in [3.8, 4) is 51.0 Å². The van der Waals surface area contributed by atoms with E-state index in [9.17, 15) is 0 Å². The molecule has 0 aliphatic carbocycles. The van der Waals surface area contributed by atoms with Crippen LogP contribution in [0.5, 0.6) is 0 Å². The number of aromatic nitrogens is 5. The number of imidazole rings is 1. The van der Waals surface area contributed by atoms with E-state index in [1.807, 2.05) is 60.7 Å². The van der Waals surface area contributed by atoms with E-state index < -0.39 is 0 Å². The molecule has 0 saturated carbocycles. The van der Waals surface area contributed by atoms with Gasteiger partial charge in [0.1, 0.15) is 5.65 Å². The molecule has 0 radical (unpaired) electrons. The summed E-state index contributed by atoms with van der Waals surface area (Å²) in [6, 6.07) is 56.7. The van der Waals surface area contributed by atoms with E-state index in [1.54, 1.807) is 0 Å². The van der Waals surface area contributed by atoms with Crippen LogP contribution in [-0.2, 0) is 0 Å². The molecule has 9 aromatic rings. The minimum absolute atomic E-state index is 0.630. The predicted molar refractivity (Wildman–Crippen MR) is 187 cm³/mol. The molecular formula is C41H27N5. The van der Waals surface area contributed by atoms with Crippen molar-refractivity contribution < 1.29 is 0 Å². The molecule has 46 heavy (non-hydrogen) atoms. The van der Waals surface area contributed by atoms with Gasteiger partial charge < -0.3 is 0 Å². The molecule has 5 heteroatoms. The highest BCUT2D eigenvalue weighted by Gasteiger charge is 2.22. The lowest BCUT2D eigenvalue weighted by molar-refractivity contribution is 1.07. The van der Waals surface area contributed by atoms with Gasteiger partial charge in [-0.1, -0.05) is 133 Å². The quantitative estimate of drug-likeness (QED) is 0.201. The lowest BCUT2D eigenvalue weighted by atomic mass is 10.0. The Morgan fingerprint density at radius 3 is 1.48 bits per heavy atom. The standard InChI is InChI=1S/C41H27N5/c1-4-15-28(16-5-1)37-33-23-10-11-24-34(33)46-36-26-13-12-25-35(36)45(41(37)46)32-22-14-21-31(27-32)40-43-38(29-17-6-2-7-18-29)42-39(44-40)30-19-8-3-9-20-30/h1-27H. The zero-order valence-electron chi connectivity index (χ0n) is 24.8. The van der Waals surface area contributed by atoms with Gasteiger partial charge in [0, 0.05) is 33.3 Å². The monoisotopic (exact) mass is 589 g/mol. The lowest BCUT2D eigenvalue weighted by Crippen LogP contribution is -2.01. The van der Waals surface area contributed by atoms with Crippen molar-refractivity contribution in [3.05, 3.63) is 164 Å². The third-order valence-electron chi connectivity index (χ3n) is 8.55. The van der Waals surface area contributed by atoms with Gasteiger partial charge in [0.05, 0.1) is 16.6 Å². The van der Waals surface area contributed by atoms with Crippen LogP contribution in [0.2, 0.25) is 0 Å². The maximum atomic E-state index is 5.01. The van der Waals surface area contributed by atoms with Crippen LogP contribution >= 0.6 is 0 Å². The first-order valence-corrected chi connectivity index (χ1v) is 15.4. The fraction of sp³-hybridized carbons (Fsp3) is 0. The molecule has 5 nitrogen and oxygen atoms in total. The average Bonchev–Trinajstić information content (AvgIpc) is 3.65. The molecule has 3 aromatic heterocycles. The van der Waals surface area contributed by atoms with Crippen molar-refractivity contribution >= 4 is 27.6 Å². The zero-order chi connectivity index (χ0) is 30.5. The molecule has 0 atom stereocenters. The first-order chi connectivity index (χ1) is 22.8. The summed E-state index contributed by atoms with van der Waals surface area (Å²) >= 11 is 0. The molecule has 0 aliphatic heterocycles. The summed E-state index contributed by atoms with van der Waals surface area (Å²) in [6.45, 7) is 0. The normalized spacial score (nSPS) is 11.5. The topological polar surface area (TPSA) is 48.0 Å². The van der Waals surface area contributed by atoms with Gasteiger partial charge in [-0.3, -0.25) is 8.97 Å². The van der Waals surface area contributed by atoms with Crippen molar-refractivity contribution in [1.82, 2.24) is 23.9 Å². The molecule has 3 heterocycles. The first kappa shape index (κ1) is 26.1. The smallest absolute Gasteiger partial charge is 0.164 e. The molecule has 9 rings (SSSR count). The molecule has 0 spiro atoms. The van der Waals surface area contributed by atoms with E-state index in [0.29, 0.717) is 17.5 Å². The van der Waals surface area contributed by atoms with Gasteiger partial charge in [-0.2, -0.15) is 0 Å². The first-order valence-electron chi connectivity index (χ1n) is 15.4. The van der Waals surface area contributed by atoms with Gasteiger partial charge in [-0.15, -0.1) is 0 Å². The number of rotatable bonds is 5. The SMILES string of the molecule is c1ccc(-c2nc(-c3ccccc3)nc(-c3cccc(-n4c5ccccc5n5c6ccccc6c(-c6ccccc6)c45)c3)n2)cc1. The summed E-state index contributed by atoms with van der Waals surface area (Å²) in [7, 11) is 0. The highest BCUT2D eigenvalue weighted by Crippen LogP contribution is 2.41. The fourth-order valence-electron chi connectivity index (χ4n) is 6.51. The summed E-state index contributed by atoms with van der Waals surface area (Å²) in [5, 5.41) is 1.22. The second-order valence-electron chi connectivity index (χ2n) is 11.3. The molecule has 0 N–H and O–H groups in total. The van der Waals surface area contributed by atoms with Crippen LogP contribution in [0.1, 0.15) is 0 Å². The Morgan fingerprint density at radius 1 is 0.370 bits per heavy atom.